The maximum absolute atomic E-state index is 14.3. The first-order valence-corrected chi connectivity index (χ1v) is 7.77. The van der Waals surface area contributed by atoms with E-state index >= 15 is 0 Å². The van der Waals surface area contributed by atoms with Crippen molar-refractivity contribution in [3.63, 3.8) is 0 Å². The van der Waals surface area contributed by atoms with Gasteiger partial charge in [-0.05, 0) is 0 Å². The monoisotopic (exact) mass is 504 g/mol. The fraction of sp³-hybridized carbons (Fsp3) is 0.733. The summed E-state index contributed by atoms with van der Waals surface area (Å²) < 4.78 is 176. The Morgan fingerprint density at radius 1 is 0.688 bits per heavy atom. The van der Waals surface area contributed by atoms with Crippen molar-refractivity contribution in [2.24, 2.45) is 5.41 Å². The van der Waals surface area contributed by atoms with Gasteiger partial charge in [-0.15, -0.1) is 0 Å². The molecule has 0 bridgehead atoms. The molecule has 1 unspecified atom stereocenters. The predicted octanol–water partition coefficient (Wildman–Crippen LogP) is 5.32. The van der Waals surface area contributed by atoms with Crippen LogP contribution in [-0.4, -0.2) is 58.9 Å². The van der Waals surface area contributed by atoms with Crippen LogP contribution in [0.4, 0.5) is 57.1 Å². The van der Waals surface area contributed by atoms with E-state index in [1.165, 1.54) is 0 Å². The fourth-order valence-electron chi connectivity index (χ4n) is 2.04. The summed E-state index contributed by atoms with van der Waals surface area (Å²) in [7, 11) is 0. The van der Waals surface area contributed by atoms with Crippen LogP contribution < -0.4 is 0 Å². The Labute approximate surface area is 170 Å². The Balaban J connectivity index is 6.63. The molecule has 0 saturated heterocycles. The predicted molar refractivity (Wildman–Crippen MR) is 76.9 cm³/mol. The number of halogens is 13. The van der Waals surface area contributed by atoms with E-state index in [1.54, 1.807) is 0 Å². The van der Waals surface area contributed by atoms with Crippen molar-refractivity contribution in [2.75, 3.05) is 0 Å². The zero-order valence-corrected chi connectivity index (χ0v) is 15.8. The first-order valence-electron chi connectivity index (χ1n) is 7.77. The van der Waals surface area contributed by atoms with Crippen LogP contribution in [0.25, 0.3) is 0 Å². The summed E-state index contributed by atoms with van der Waals surface area (Å²) in [5, 5.41) is 8.28. The normalized spacial score (nSPS) is 16.2. The van der Waals surface area contributed by atoms with Crippen LogP contribution in [0.5, 0.6) is 0 Å². The van der Waals surface area contributed by atoms with Crippen molar-refractivity contribution in [1.82, 2.24) is 0 Å². The first-order chi connectivity index (χ1) is 13.7. The molecule has 0 heterocycles. The maximum Gasteiger partial charge on any atom is 0.460 e. The van der Waals surface area contributed by atoms with Crippen molar-refractivity contribution in [1.29, 1.82) is 0 Å². The highest BCUT2D eigenvalue weighted by molar-refractivity contribution is 5.90. The Morgan fingerprint density at radius 2 is 1.06 bits per heavy atom. The number of alkyl halides is 13. The van der Waals surface area contributed by atoms with E-state index in [-0.39, 0.29) is 12.2 Å². The molecule has 0 aliphatic carbocycles. The molecule has 0 amide bonds. The van der Waals surface area contributed by atoms with Gasteiger partial charge in [-0.25, -0.2) is 9.59 Å². The topological polar surface area (TPSA) is 63.6 Å². The third kappa shape index (κ3) is 4.89. The highest BCUT2D eigenvalue weighted by Gasteiger charge is 2.91. The third-order valence-electron chi connectivity index (χ3n) is 3.67. The molecule has 0 saturated carbocycles. The van der Waals surface area contributed by atoms with E-state index < -0.39 is 59.2 Å². The Hall–Kier alpha value is -2.23. The molecule has 0 aromatic rings. The van der Waals surface area contributed by atoms with Crippen LogP contribution in [0.15, 0.2) is 12.2 Å². The summed E-state index contributed by atoms with van der Waals surface area (Å²) in [6, 6.07) is 0. The van der Waals surface area contributed by atoms with Crippen LogP contribution in [0.2, 0.25) is 0 Å². The largest absolute Gasteiger partial charge is 0.478 e. The summed E-state index contributed by atoms with van der Waals surface area (Å²) in [5.41, 5.74) is -2.56. The smallest absolute Gasteiger partial charge is 0.460 e. The van der Waals surface area contributed by atoms with E-state index in [0.717, 1.165) is 0 Å². The fourth-order valence-corrected chi connectivity index (χ4v) is 2.04. The van der Waals surface area contributed by atoms with Crippen molar-refractivity contribution < 1.29 is 76.5 Å². The number of rotatable bonds is 8. The Bertz CT molecular complexity index is 747. The van der Waals surface area contributed by atoms with Gasteiger partial charge in [0.2, 0.25) is 0 Å². The van der Waals surface area contributed by atoms with E-state index in [2.05, 4.69) is 4.74 Å². The van der Waals surface area contributed by atoms with Crippen molar-refractivity contribution >= 4 is 11.9 Å². The molecule has 0 spiro atoms. The Kier molecular flexibility index (Phi) is 7.70. The van der Waals surface area contributed by atoms with E-state index in [0.29, 0.717) is 20.8 Å². The minimum Gasteiger partial charge on any atom is -0.478 e. The molecule has 32 heavy (non-hydrogen) atoms. The van der Waals surface area contributed by atoms with Crippen LogP contribution in [0.3, 0.4) is 0 Å². The SMILES string of the molecule is CC(C)(C)C(OC(=O)C=CC(=O)O)C(F)(F)C(F)(F)C(F)(F)C(F)(F)C(F)(F)C(F)(F)F. The van der Waals surface area contributed by atoms with Gasteiger partial charge in [0.25, 0.3) is 0 Å². The number of hydrogen-bond acceptors (Lipinski definition) is 3. The number of carbonyl (C=O) groups is 2. The summed E-state index contributed by atoms with van der Waals surface area (Å²) in [5.74, 6) is -42.5. The molecule has 0 aliphatic rings. The number of hydrogen-bond donors (Lipinski definition) is 1. The second-order valence-corrected chi connectivity index (χ2v) is 7.27. The minimum absolute atomic E-state index is 0.0923. The van der Waals surface area contributed by atoms with Crippen LogP contribution in [-0.2, 0) is 14.3 Å². The summed E-state index contributed by atoms with van der Waals surface area (Å²) in [4.78, 5) is 21.6. The molecule has 188 valence electrons. The number of ether oxygens (including phenoxy) is 1. The summed E-state index contributed by atoms with van der Waals surface area (Å²) >= 11 is 0. The minimum atomic E-state index is -8.10. The maximum atomic E-state index is 14.3. The third-order valence-corrected chi connectivity index (χ3v) is 3.67. The second kappa shape index (κ2) is 8.28. The molecule has 0 aromatic carbocycles. The van der Waals surface area contributed by atoms with Crippen LogP contribution in [0.1, 0.15) is 20.8 Å². The molecule has 0 aromatic heterocycles. The molecule has 4 nitrogen and oxygen atoms in total. The van der Waals surface area contributed by atoms with Gasteiger partial charge in [-0.2, -0.15) is 57.1 Å². The lowest BCUT2D eigenvalue weighted by Crippen LogP contribution is -2.72. The lowest BCUT2D eigenvalue weighted by atomic mass is 9.80. The summed E-state index contributed by atoms with van der Waals surface area (Å²) in [6.45, 7) is 1.49. The van der Waals surface area contributed by atoms with Gasteiger partial charge in [0.05, 0.1) is 0 Å². The molecular formula is C15H13F13O4. The average molecular weight is 504 g/mol. The number of carbonyl (C=O) groups excluding carboxylic acids is 1. The zero-order valence-electron chi connectivity index (χ0n) is 15.8. The van der Waals surface area contributed by atoms with Gasteiger partial charge in [-0.1, -0.05) is 20.8 Å². The van der Waals surface area contributed by atoms with E-state index in [4.69, 9.17) is 5.11 Å². The van der Waals surface area contributed by atoms with E-state index in [9.17, 15) is 66.7 Å². The highest BCUT2D eigenvalue weighted by Crippen LogP contribution is 2.61. The summed E-state index contributed by atoms with van der Waals surface area (Å²) in [6.07, 6.45) is -11.7. The van der Waals surface area contributed by atoms with Gasteiger partial charge in [0.15, 0.2) is 6.10 Å². The number of aliphatic carboxylic acids is 1. The molecular weight excluding hydrogens is 491 g/mol. The number of carboxylic acid groups (broad SMARTS) is 1. The van der Waals surface area contributed by atoms with Gasteiger partial charge in [0.1, 0.15) is 0 Å². The quantitative estimate of drug-likeness (QED) is 0.276. The molecule has 0 fully saturated rings. The van der Waals surface area contributed by atoms with Crippen molar-refractivity contribution in [3.05, 3.63) is 12.2 Å². The van der Waals surface area contributed by atoms with Gasteiger partial charge in [-0.3, -0.25) is 0 Å². The van der Waals surface area contributed by atoms with Gasteiger partial charge >= 0.3 is 47.7 Å². The molecule has 0 aliphatic heterocycles. The average Bonchev–Trinajstić information content (AvgIpc) is 2.54. The number of esters is 1. The molecule has 0 radical (unpaired) electrons. The van der Waals surface area contributed by atoms with Crippen LogP contribution >= 0.6 is 0 Å². The first kappa shape index (κ1) is 29.8. The standard InChI is InChI=1S/C15H13F13O4/c1-9(2,3)8(32-7(31)5-4-6(29)30)10(16,17)11(18,19)12(20,21)13(22,23)14(24,25)15(26,27)28/h4-5,8H,1-3H3,(H,29,30). The Morgan fingerprint density at radius 3 is 1.38 bits per heavy atom. The molecule has 1 N–H and O–H groups in total. The van der Waals surface area contributed by atoms with Crippen molar-refractivity contribution in [2.45, 2.75) is 62.7 Å². The van der Waals surface area contributed by atoms with Crippen LogP contribution in [0, 0.1) is 5.41 Å². The second-order valence-electron chi connectivity index (χ2n) is 7.27. The molecule has 0 rings (SSSR count). The van der Waals surface area contributed by atoms with Gasteiger partial charge < -0.3 is 9.84 Å². The lowest BCUT2D eigenvalue weighted by Gasteiger charge is -2.44. The lowest BCUT2D eigenvalue weighted by molar-refractivity contribution is -0.446. The van der Waals surface area contributed by atoms with Gasteiger partial charge in [0, 0.05) is 17.6 Å². The van der Waals surface area contributed by atoms with Crippen molar-refractivity contribution in [3.8, 4) is 0 Å². The molecule has 17 heteroatoms. The van der Waals surface area contributed by atoms with E-state index in [1.807, 2.05) is 0 Å². The highest BCUT2D eigenvalue weighted by atomic mass is 19.4. The molecule has 1 atom stereocenters. The zero-order chi connectivity index (χ0) is 26.4. The number of carboxylic acids is 1.